The molecule has 1 aromatic heterocycles. The van der Waals surface area contributed by atoms with E-state index < -0.39 is 20.0 Å². The Morgan fingerprint density at radius 1 is 1.02 bits per heavy atom. The van der Waals surface area contributed by atoms with Gasteiger partial charge in [-0.25, -0.2) is 4.79 Å². The number of rotatable bonds is 9. The summed E-state index contributed by atoms with van der Waals surface area (Å²) in [7, 11) is 2.05. The number of anilines is 1. The van der Waals surface area contributed by atoms with Crippen LogP contribution in [0, 0.1) is 11.8 Å². The Morgan fingerprint density at radius 3 is 2.17 bits per heavy atom. The number of methoxy groups -OCH3 is 3. The number of amides is 1. The predicted octanol–water partition coefficient (Wildman–Crippen LogP) is 6.28. The number of nitrogens with zero attached hydrogens (tertiary/aromatic N) is 1. The summed E-state index contributed by atoms with van der Waals surface area (Å²) in [5, 5.41) is 10.3. The quantitative estimate of drug-likeness (QED) is 0.150. The van der Waals surface area contributed by atoms with Crippen LogP contribution in [0.2, 0.25) is 18.1 Å². The number of ether oxygens (including phenoxy) is 4. The van der Waals surface area contributed by atoms with Gasteiger partial charge >= 0.3 is 6.09 Å². The summed E-state index contributed by atoms with van der Waals surface area (Å²) in [6.07, 6.45) is 0.596. The normalized spacial score (nSPS) is 11.9. The second-order valence-electron chi connectivity index (χ2n) is 12.1. The van der Waals surface area contributed by atoms with Crippen LogP contribution in [-0.4, -0.2) is 62.1 Å². The van der Waals surface area contributed by atoms with Crippen molar-refractivity contribution in [2.24, 2.45) is 0 Å². The fourth-order valence-electron chi connectivity index (χ4n) is 4.09. The van der Waals surface area contributed by atoms with Crippen molar-refractivity contribution in [2.75, 3.05) is 26.6 Å². The van der Waals surface area contributed by atoms with Crippen molar-refractivity contribution in [1.29, 1.82) is 0 Å². The molecule has 1 amide bonds. The first kappa shape index (κ1) is 32.5. The van der Waals surface area contributed by atoms with Crippen LogP contribution in [-0.2, 0) is 4.74 Å². The van der Waals surface area contributed by atoms with E-state index in [2.05, 4.69) is 27.4 Å². The van der Waals surface area contributed by atoms with Crippen molar-refractivity contribution < 1.29 is 33.3 Å². The van der Waals surface area contributed by atoms with Gasteiger partial charge in [-0.3, -0.25) is 15.2 Å². The van der Waals surface area contributed by atoms with Gasteiger partial charge in [0.2, 0.25) is 11.5 Å². The zero-order valence-electron chi connectivity index (χ0n) is 26.1. The second kappa shape index (κ2) is 12.5. The van der Waals surface area contributed by atoms with Crippen molar-refractivity contribution in [3.63, 3.8) is 0 Å². The highest BCUT2D eigenvalue weighted by atomic mass is 28.4. The van der Waals surface area contributed by atoms with E-state index in [1.165, 1.54) is 21.3 Å². The largest absolute Gasteiger partial charge is 0.493 e. The first-order chi connectivity index (χ1) is 19.5. The fraction of sp³-hybridized carbons (Fsp3) is 0.452. The maximum Gasteiger partial charge on any atom is 0.412 e. The lowest BCUT2D eigenvalue weighted by Crippen LogP contribution is -2.38. The summed E-state index contributed by atoms with van der Waals surface area (Å²) in [6, 6.07) is 6.50. The highest BCUT2D eigenvalue weighted by Crippen LogP contribution is 2.40. The minimum atomic E-state index is -2.40. The molecule has 0 aliphatic carbocycles. The van der Waals surface area contributed by atoms with Gasteiger partial charge in [-0.2, -0.15) is 5.10 Å². The van der Waals surface area contributed by atoms with Gasteiger partial charge in [0.25, 0.3) is 0 Å². The lowest BCUT2D eigenvalue weighted by atomic mass is 10.0. The van der Waals surface area contributed by atoms with E-state index in [9.17, 15) is 14.4 Å². The smallest absolute Gasteiger partial charge is 0.412 e. The van der Waals surface area contributed by atoms with E-state index in [1.807, 2.05) is 26.9 Å². The summed E-state index contributed by atoms with van der Waals surface area (Å²) in [5.74, 6) is 7.03. The average Bonchev–Trinajstić information content (AvgIpc) is 3.33. The van der Waals surface area contributed by atoms with E-state index in [0.29, 0.717) is 57.8 Å². The van der Waals surface area contributed by atoms with Gasteiger partial charge in [0.15, 0.2) is 19.8 Å². The molecule has 0 aliphatic heterocycles. The molecule has 2 aromatic carbocycles. The summed E-state index contributed by atoms with van der Waals surface area (Å²) in [6.45, 7) is 13.3. The minimum Gasteiger partial charge on any atom is -0.493 e. The molecule has 11 heteroatoms. The molecule has 10 nitrogen and oxygen atoms in total. The highest BCUT2D eigenvalue weighted by Gasteiger charge is 2.37. The van der Waals surface area contributed by atoms with Gasteiger partial charge < -0.3 is 23.7 Å². The SMILES string of the molecule is COc1cc(C(=O)c2n[nH]c3c(C#CCCC(C)(C)[Si](C)(C)O)c(NC(=O)OC(C)(C)C)ccc23)cc(OC)c1OC. The number of aromatic amines is 1. The van der Waals surface area contributed by atoms with Gasteiger partial charge in [-0.1, -0.05) is 25.7 Å². The molecule has 0 saturated carbocycles. The molecule has 0 atom stereocenters. The molecule has 0 aliphatic rings. The molecular formula is C31H41N3O7Si. The van der Waals surface area contributed by atoms with Crippen LogP contribution in [0.5, 0.6) is 17.2 Å². The van der Waals surface area contributed by atoms with Crippen LogP contribution in [0.25, 0.3) is 10.9 Å². The van der Waals surface area contributed by atoms with Crippen molar-refractivity contribution in [2.45, 2.75) is 71.2 Å². The summed E-state index contributed by atoms with van der Waals surface area (Å²) in [5.41, 5.74) is 1.13. The predicted molar refractivity (Wildman–Crippen MR) is 165 cm³/mol. The number of H-pyrrole nitrogens is 1. The Labute approximate surface area is 248 Å². The Morgan fingerprint density at radius 2 is 1.64 bits per heavy atom. The minimum absolute atomic E-state index is 0.167. The fourth-order valence-corrected chi connectivity index (χ4v) is 4.83. The van der Waals surface area contributed by atoms with Gasteiger partial charge in [0.1, 0.15) is 11.3 Å². The molecule has 0 bridgehead atoms. The van der Waals surface area contributed by atoms with Crippen molar-refractivity contribution in [3.05, 3.63) is 41.1 Å². The number of ketones is 1. The molecular weight excluding hydrogens is 554 g/mol. The van der Waals surface area contributed by atoms with Crippen molar-refractivity contribution >= 4 is 36.8 Å². The summed E-state index contributed by atoms with van der Waals surface area (Å²) >= 11 is 0. The number of carbonyl (C=O) groups is 2. The molecule has 0 fully saturated rings. The molecule has 0 unspecified atom stereocenters. The molecule has 3 rings (SSSR count). The molecule has 0 spiro atoms. The van der Waals surface area contributed by atoms with E-state index >= 15 is 0 Å². The van der Waals surface area contributed by atoms with Gasteiger partial charge in [-0.05, 0) is 69.6 Å². The van der Waals surface area contributed by atoms with Crippen molar-refractivity contribution in [1.82, 2.24) is 10.2 Å². The number of hydrogen-bond acceptors (Lipinski definition) is 8. The van der Waals surface area contributed by atoms with E-state index in [0.717, 1.165) is 0 Å². The third-order valence-electron chi connectivity index (χ3n) is 7.26. The van der Waals surface area contributed by atoms with Crippen LogP contribution >= 0.6 is 0 Å². The number of fused-ring (bicyclic) bond motifs is 1. The van der Waals surface area contributed by atoms with E-state index in [-0.39, 0.29) is 16.5 Å². The third-order valence-corrected chi connectivity index (χ3v) is 10.8. The Hall–Kier alpha value is -4.01. The summed E-state index contributed by atoms with van der Waals surface area (Å²) in [4.78, 5) is 37.0. The third kappa shape index (κ3) is 7.24. The molecule has 226 valence electrons. The lowest BCUT2D eigenvalue weighted by Gasteiger charge is -2.34. The Balaban J connectivity index is 2.08. The topological polar surface area (TPSA) is 132 Å². The van der Waals surface area contributed by atoms with E-state index in [1.54, 1.807) is 45.0 Å². The van der Waals surface area contributed by atoms with Gasteiger partial charge in [0, 0.05) is 17.4 Å². The number of hydrogen-bond donors (Lipinski definition) is 3. The molecule has 3 aromatic rings. The molecule has 0 saturated heterocycles. The molecule has 0 radical (unpaired) electrons. The second-order valence-corrected chi connectivity index (χ2v) is 16.6. The average molecular weight is 596 g/mol. The Kier molecular flexibility index (Phi) is 9.65. The van der Waals surface area contributed by atoms with Crippen LogP contribution in [0.1, 0.15) is 69.1 Å². The number of nitrogens with one attached hydrogen (secondary N) is 2. The first-order valence-electron chi connectivity index (χ1n) is 13.6. The first-order valence-corrected chi connectivity index (χ1v) is 16.5. The van der Waals surface area contributed by atoms with Crippen LogP contribution in [0.4, 0.5) is 10.5 Å². The molecule has 42 heavy (non-hydrogen) atoms. The van der Waals surface area contributed by atoms with Crippen molar-refractivity contribution in [3.8, 4) is 29.1 Å². The zero-order chi connectivity index (χ0) is 31.5. The highest BCUT2D eigenvalue weighted by molar-refractivity contribution is 6.72. The molecule has 3 N–H and O–H groups in total. The van der Waals surface area contributed by atoms with Crippen LogP contribution in [0.15, 0.2) is 24.3 Å². The lowest BCUT2D eigenvalue weighted by molar-refractivity contribution is 0.0635. The maximum absolute atomic E-state index is 13.7. The van der Waals surface area contributed by atoms with Crippen LogP contribution in [0.3, 0.4) is 0 Å². The monoisotopic (exact) mass is 595 g/mol. The van der Waals surface area contributed by atoms with Crippen LogP contribution < -0.4 is 19.5 Å². The molecule has 1 heterocycles. The van der Waals surface area contributed by atoms with E-state index in [4.69, 9.17) is 18.9 Å². The number of carbonyl (C=O) groups excluding carboxylic acids is 2. The maximum atomic E-state index is 13.7. The van der Waals surface area contributed by atoms with Gasteiger partial charge in [0.05, 0.1) is 38.1 Å². The zero-order valence-corrected chi connectivity index (χ0v) is 27.1. The number of benzene rings is 2. The Bertz CT molecular complexity index is 1510. The van der Waals surface area contributed by atoms with Gasteiger partial charge in [-0.15, -0.1) is 0 Å². The standard InChI is InChI=1S/C31H41N3O7Si/c1-30(2,3)41-29(36)32-22-15-14-21-25(20(22)13-11-12-16-31(4,5)42(9,10)37)33-34-26(21)27(35)19-17-23(38-6)28(40-8)24(18-19)39-7/h14-15,17-18,37H,12,16H2,1-10H3,(H,32,36)(H,33,34). The number of aromatic nitrogens is 2. The summed E-state index contributed by atoms with van der Waals surface area (Å²) < 4.78 is 21.6.